The first-order valence-corrected chi connectivity index (χ1v) is 5.05. The molecule has 0 saturated heterocycles. The molecule has 0 heterocycles. The Morgan fingerprint density at radius 1 is 1.53 bits per heavy atom. The van der Waals surface area contributed by atoms with Crippen molar-refractivity contribution in [2.24, 2.45) is 5.73 Å². The van der Waals surface area contributed by atoms with E-state index in [0.717, 1.165) is 5.56 Å². The topological polar surface area (TPSA) is 52.3 Å². The molecule has 4 heteroatoms. The third-order valence-corrected chi connectivity index (χ3v) is 2.35. The second kappa shape index (κ2) is 5.14. The van der Waals surface area contributed by atoms with Crippen molar-refractivity contribution < 1.29 is 9.53 Å². The second-order valence-corrected chi connectivity index (χ2v) is 3.68. The van der Waals surface area contributed by atoms with Gasteiger partial charge in [-0.3, -0.25) is 4.79 Å². The van der Waals surface area contributed by atoms with Crippen molar-refractivity contribution in [2.45, 2.75) is 13.3 Å². The van der Waals surface area contributed by atoms with Crippen LogP contribution in [0.25, 0.3) is 0 Å². The van der Waals surface area contributed by atoms with Crippen LogP contribution in [0.15, 0.2) is 12.1 Å². The van der Waals surface area contributed by atoms with Gasteiger partial charge in [-0.15, -0.1) is 0 Å². The molecule has 1 rings (SSSR count). The van der Waals surface area contributed by atoms with Gasteiger partial charge in [0, 0.05) is 5.02 Å². The molecule has 2 N–H and O–H groups in total. The fourth-order valence-corrected chi connectivity index (χ4v) is 1.73. The van der Waals surface area contributed by atoms with E-state index in [1.54, 1.807) is 12.1 Å². The molecular weight excluding hydrogens is 214 g/mol. The molecule has 0 aromatic heterocycles. The van der Waals surface area contributed by atoms with Crippen LogP contribution in [0.2, 0.25) is 5.02 Å². The first-order valence-electron chi connectivity index (χ1n) is 4.67. The first-order chi connectivity index (χ1) is 7.10. The van der Waals surface area contributed by atoms with Gasteiger partial charge in [-0.05, 0) is 37.6 Å². The summed E-state index contributed by atoms with van der Waals surface area (Å²) in [4.78, 5) is 11.4. The molecule has 0 radical (unpaired) electrons. The average molecular weight is 228 g/mol. The van der Waals surface area contributed by atoms with Crippen molar-refractivity contribution >= 4 is 17.4 Å². The number of hydrogen-bond acceptors (Lipinski definition) is 3. The summed E-state index contributed by atoms with van der Waals surface area (Å²) in [5, 5.41) is 0.532. The number of ketones is 1. The van der Waals surface area contributed by atoms with Crippen LogP contribution in [0, 0.1) is 0 Å². The van der Waals surface area contributed by atoms with Crippen molar-refractivity contribution in [3.05, 3.63) is 28.3 Å². The van der Waals surface area contributed by atoms with Crippen molar-refractivity contribution in [1.82, 2.24) is 0 Å². The number of methoxy groups -OCH3 is 1. The van der Waals surface area contributed by atoms with E-state index < -0.39 is 0 Å². The van der Waals surface area contributed by atoms with E-state index in [-0.39, 0.29) is 5.78 Å². The molecule has 0 fully saturated rings. The summed E-state index contributed by atoms with van der Waals surface area (Å²) >= 11 is 5.91. The zero-order valence-electron chi connectivity index (χ0n) is 8.84. The summed E-state index contributed by atoms with van der Waals surface area (Å²) in [6.07, 6.45) is 0.643. The van der Waals surface area contributed by atoms with E-state index in [9.17, 15) is 4.79 Å². The standard InChI is InChI=1S/C11H14ClNO2/c1-7(14)10-6-9(12)5-8(3-4-13)11(10)15-2/h5-6H,3-4,13H2,1-2H3. The number of nitrogens with two attached hydrogens (primary N) is 1. The number of hydrogen-bond donors (Lipinski definition) is 1. The molecule has 0 spiro atoms. The van der Waals surface area contributed by atoms with Crippen molar-refractivity contribution in [1.29, 1.82) is 0 Å². The maximum atomic E-state index is 11.4. The minimum absolute atomic E-state index is 0.0624. The lowest BCUT2D eigenvalue weighted by atomic mass is 10.0. The highest BCUT2D eigenvalue weighted by Crippen LogP contribution is 2.28. The summed E-state index contributed by atoms with van der Waals surface area (Å²) in [6, 6.07) is 3.39. The Bertz CT molecular complexity index is 377. The summed E-state index contributed by atoms with van der Waals surface area (Å²) in [7, 11) is 1.54. The number of carbonyl (C=O) groups excluding carboxylic acids is 1. The van der Waals surface area contributed by atoms with Crippen LogP contribution < -0.4 is 10.5 Å². The predicted molar refractivity (Wildman–Crippen MR) is 60.8 cm³/mol. The summed E-state index contributed by atoms with van der Waals surface area (Å²) in [5.74, 6) is 0.518. The van der Waals surface area contributed by atoms with Crippen LogP contribution in [0.4, 0.5) is 0 Å². The van der Waals surface area contributed by atoms with E-state index in [4.69, 9.17) is 22.1 Å². The molecule has 0 aliphatic rings. The summed E-state index contributed by atoms with van der Waals surface area (Å²) in [5.41, 5.74) is 6.86. The van der Waals surface area contributed by atoms with Gasteiger partial charge in [0.15, 0.2) is 5.78 Å². The quantitative estimate of drug-likeness (QED) is 0.801. The van der Waals surface area contributed by atoms with E-state index >= 15 is 0 Å². The highest BCUT2D eigenvalue weighted by Gasteiger charge is 2.13. The Morgan fingerprint density at radius 3 is 2.67 bits per heavy atom. The number of ether oxygens (including phenoxy) is 1. The van der Waals surface area contributed by atoms with Crippen LogP contribution in [-0.4, -0.2) is 19.4 Å². The predicted octanol–water partition coefficient (Wildman–Crippen LogP) is 2.05. The normalized spacial score (nSPS) is 10.1. The van der Waals surface area contributed by atoms with Gasteiger partial charge < -0.3 is 10.5 Å². The van der Waals surface area contributed by atoms with Gasteiger partial charge in [0.1, 0.15) is 5.75 Å². The highest BCUT2D eigenvalue weighted by atomic mass is 35.5. The lowest BCUT2D eigenvalue weighted by Crippen LogP contribution is -2.07. The number of benzene rings is 1. The average Bonchev–Trinajstić information content (AvgIpc) is 2.17. The minimum Gasteiger partial charge on any atom is -0.496 e. The Morgan fingerprint density at radius 2 is 2.20 bits per heavy atom. The monoisotopic (exact) mass is 227 g/mol. The molecule has 0 unspecified atom stereocenters. The van der Waals surface area contributed by atoms with Gasteiger partial charge in [0.2, 0.25) is 0 Å². The molecule has 1 aromatic rings. The fraction of sp³-hybridized carbons (Fsp3) is 0.364. The Balaban J connectivity index is 3.31. The molecule has 0 aliphatic carbocycles. The van der Waals surface area contributed by atoms with E-state index in [0.29, 0.717) is 29.3 Å². The molecule has 0 aliphatic heterocycles. The molecule has 0 amide bonds. The van der Waals surface area contributed by atoms with Crippen LogP contribution >= 0.6 is 11.6 Å². The van der Waals surface area contributed by atoms with Crippen LogP contribution in [0.1, 0.15) is 22.8 Å². The zero-order chi connectivity index (χ0) is 11.4. The Labute approximate surface area is 94.2 Å². The Kier molecular flexibility index (Phi) is 4.12. The Hall–Kier alpha value is -1.06. The number of halogens is 1. The smallest absolute Gasteiger partial charge is 0.163 e. The lowest BCUT2D eigenvalue weighted by Gasteiger charge is -2.12. The van der Waals surface area contributed by atoms with Crippen LogP contribution in [0.5, 0.6) is 5.75 Å². The molecule has 3 nitrogen and oxygen atoms in total. The van der Waals surface area contributed by atoms with Crippen molar-refractivity contribution in [3.8, 4) is 5.75 Å². The van der Waals surface area contributed by atoms with Gasteiger partial charge >= 0.3 is 0 Å². The van der Waals surface area contributed by atoms with Crippen molar-refractivity contribution in [3.63, 3.8) is 0 Å². The van der Waals surface area contributed by atoms with Gasteiger partial charge in [0.05, 0.1) is 12.7 Å². The fourth-order valence-electron chi connectivity index (χ4n) is 1.49. The molecule has 82 valence electrons. The molecule has 15 heavy (non-hydrogen) atoms. The first kappa shape index (κ1) is 12.0. The maximum absolute atomic E-state index is 11.4. The van der Waals surface area contributed by atoms with Gasteiger partial charge in [0.25, 0.3) is 0 Å². The zero-order valence-corrected chi connectivity index (χ0v) is 9.60. The van der Waals surface area contributed by atoms with Gasteiger partial charge in [-0.25, -0.2) is 0 Å². The minimum atomic E-state index is -0.0624. The lowest BCUT2D eigenvalue weighted by molar-refractivity contribution is 0.101. The molecular formula is C11H14ClNO2. The maximum Gasteiger partial charge on any atom is 0.163 e. The number of rotatable bonds is 4. The SMILES string of the molecule is COc1c(CCN)cc(Cl)cc1C(C)=O. The second-order valence-electron chi connectivity index (χ2n) is 3.24. The van der Waals surface area contributed by atoms with E-state index in [1.807, 2.05) is 0 Å². The largest absolute Gasteiger partial charge is 0.496 e. The van der Waals surface area contributed by atoms with Crippen LogP contribution in [-0.2, 0) is 6.42 Å². The highest BCUT2D eigenvalue weighted by molar-refractivity contribution is 6.31. The number of Topliss-reactive ketones (excluding diaryl/α,β-unsaturated/α-hetero) is 1. The number of carbonyl (C=O) groups is 1. The molecule has 0 saturated carbocycles. The van der Waals surface area contributed by atoms with E-state index in [2.05, 4.69) is 0 Å². The molecule has 0 atom stereocenters. The third-order valence-electron chi connectivity index (χ3n) is 2.13. The van der Waals surface area contributed by atoms with Crippen LogP contribution in [0.3, 0.4) is 0 Å². The summed E-state index contributed by atoms with van der Waals surface area (Å²) < 4.78 is 5.21. The van der Waals surface area contributed by atoms with Gasteiger partial charge in [-0.1, -0.05) is 11.6 Å². The molecule has 1 aromatic carbocycles. The summed E-state index contributed by atoms with van der Waals surface area (Å²) in [6.45, 7) is 1.98. The van der Waals surface area contributed by atoms with Gasteiger partial charge in [-0.2, -0.15) is 0 Å². The van der Waals surface area contributed by atoms with Crippen molar-refractivity contribution in [2.75, 3.05) is 13.7 Å². The molecule has 0 bridgehead atoms. The van der Waals surface area contributed by atoms with E-state index in [1.165, 1.54) is 14.0 Å². The third kappa shape index (κ3) is 2.70.